The van der Waals surface area contributed by atoms with Gasteiger partial charge in [0.25, 0.3) is 0 Å². The molecule has 0 aliphatic rings. The first kappa shape index (κ1) is 36.8. The first-order chi connectivity index (χ1) is 30.7. The largest absolute Gasteiger partial charge is 0.248 e. The number of pyridine rings is 1. The number of hydrogen-bond donors (Lipinski definition) is 0. The maximum Gasteiger partial charge on any atom is 0.160 e. The van der Waals surface area contributed by atoms with Crippen LogP contribution in [0, 0.1) is 0 Å². The van der Waals surface area contributed by atoms with Crippen LogP contribution in [0.5, 0.6) is 0 Å². The van der Waals surface area contributed by atoms with Crippen LogP contribution in [0.25, 0.3) is 111 Å². The minimum atomic E-state index is 0.683. The van der Waals surface area contributed by atoms with E-state index >= 15 is 0 Å². The number of rotatable bonds is 8. The SMILES string of the molecule is c1ccc(-c2ccc(-c3cc(-c4ccc(-c5ccccc5)cc4)nc(-c4ccc(-c5ccc(-c6cc(-c7ccccc7)c7c(ccc8ccccc87)n6)cc5)cc4)n3)cc2)cc1. The molecule has 0 aliphatic heterocycles. The first-order valence-corrected chi connectivity index (χ1v) is 21.0. The van der Waals surface area contributed by atoms with Crippen molar-refractivity contribution in [1.82, 2.24) is 15.0 Å². The summed E-state index contributed by atoms with van der Waals surface area (Å²) >= 11 is 0. The molecule has 0 N–H and O–H groups in total. The standard InChI is InChI=1S/C59H39N3/c1-4-12-40(13-5-1)42-20-30-49(31-21-42)56-39-57(50-32-22-43(23-33-50)41-14-6-2-7-15-41)62-59(61-56)51-34-26-45(27-35-51)44-24-28-48(29-25-44)55-38-53(46-16-8-3-9-17-46)58-52-19-11-10-18-47(52)36-37-54(58)60-55/h1-39H. The summed E-state index contributed by atoms with van der Waals surface area (Å²) in [5.41, 5.74) is 17.1. The molecule has 0 fully saturated rings. The van der Waals surface area contributed by atoms with Gasteiger partial charge < -0.3 is 0 Å². The lowest BCUT2D eigenvalue weighted by molar-refractivity contribution is 1.18. The Morgan fingerprint density at radius 2 is 0.613 bits per heavy atom. The fraction of sp³-hybridized carbons (Fsp3) is 0. The molecule has 0 atom stereocenters. The highest BCUT2D eigenvalue weighted by Gasteiger charge is 2.15. The van der Waals surface area contributed by atoms with Gasteiger partial charge in [-0.05, 0) is 73.5 Å². The molecule has 2 heterocycles. The Morgan fingerprint density at radius 3 is 1.10 bits per heavy atom. The molecule has 0 bridgehead atoms. The molecular formula is C59H39N3. The molecule has 0 saturated heterocycles. The molecule has 9 aromatic carbocycles. The van der Waals surface area contributed by atoms with Crippen molar-refractivity contribution >= 4 is 21.7 Å². The monoisotopic (exact) mass is 789 g/mol. The van der Waals surface area contributed by atoms with E-state index in [0.29, 0.717) is 5.82 Å². The summed E-state index contributed by atoms with van der Waals surface area (Å²) in [4.78, 5) is 15.5. The quantitative estimate of drug-likeness (QED) is 0.144. The van der Waals surface area contributed by atoms with E-state index in [-0.39, 0.29) is 0 Å². The highest BCUT2D eigenvalue weighted by Crippen LogP contribution is 2.38. The van der Waals surface area contributed by atoms with Crippen molar-refractivity contribution in [2.75, 3.05) is 0 Å². The zero-order valence-corrected chi connectivity index (χ0v) is 33.9. The minimum absolute atomic E-state index is 0.683. The number of aromatic nitrogens is 3. The summed E-state index contributed by atoms with van der Waals surface area (Å²) in [5.74, 6) is 0.683. The molecule has 62 heavy (non-hydrogen) atoms. The summed E-state index contributed by atoms with van der Waals surface area (Å²) in [6, 6.07) is 83.4. The lowest BCUT2D eigenvalue weighted by Gasteiger charge is -2.13. The van der Waals surface area contributed by atoms with Crippen LogP contribution in [-0.2, 0) is 0 Å². The second kappa shape index (κ2) is 16.1. The average molecular weight is 790 g/mol. The van der Waals surface area contributed by atoms with Crippen LogP contribution in [0.4, 0.5) is 0 Å². The summed E-state index contributed by atoms with van der Waals surface area (Å²) < 4.78 is 0. The van der Waals surface area contributed by atoms with Gasteiger partial charge in [0.05, 0.1) is 22.6 Å². The van der Waals surface area contributed by atoms with Crippen molar-refractivity contribution in [1.29, 1.82) is 0 Å². The van der Waals surface area contributed by atoms with Crippen LogP contribution < -0.4 is 0 Å². The molecule has 3 nitrogen and oxygen atoms in total. The van der Waals surface area contributed by atoms with E-state index < -0.39 is 0 Å². The van der Waals surface area contributed by atoms with E-state index in [4.69, 9.17) is 15.0 Å². The predicted octanol–water partition coefficient (Wildman–Crippen LogP) is 15.5. The van der Waals surface area contributed by atoms with Gasteiger partial charge >= 0.3 is 0 Å². The van der Waals surface area contributed by atoms with Gasteiger partial charge in [-0.2, -0.15) is 0 Å². The molecule has 0 saturated carbocycles. The second-order valence-corrected chi connectivity index (χ2v) is 15.6. The lowest BCUT2D eigenvalue weighted by Crippen LogP contribution is -1.96. The fourth-order valence-electron chi connectivity index (χ4n) is 8.45. The Labute approximate surface area is 361 Å². The Morgan fingerprint density at radius 1 is 0.242 bits per heavy atom. The van der Waals surface area contributed by atoms with Gasteiger partial charge in [-0.15, -0.1) is 0 Å². The summed E-state index contributed by atoms with van der Waals surface area (Å²) in [6.07, 6.45) is 0. The van der Waals surface area contributed by atoms with Crippen molar-refractivity contribution < 1.29 is 0 Å². The molecule has 11 aromatic rings. The summed E-state index contributed by atoms with van der Waals surface area (Å²) in [6.45, 7) is 0. The van der Waals surface area contributed by atoms with Gasteiger partial charge in [0.2, 0.25) is 0 Å². The van der Waals surface area contributed by atoms with Crippen LogP contribution in [0.1, 0.15) is 0 Å². The molecule has 0 radical (unpaired) electrons. The van der Waals surface area contributed by atoms with Crippen LogP contribution in [0.2, 0.25) is 0 Å². The summed E-state index contributed by atoms with van der Waals surface area (Å²) in [7, 11) is 0. The lowest BCUT2D eigenvalue weighted by atomic mass is 9.94. The highest BCUT2D eigenvalue weighted by molar-refractivity contribution is 6.13. The van der Waals surface area contributed by atoms with Gasteiger partial charge in [-0.25, -0.2) is 15.0 Å². The third-order valence-electron chi connectivity index (χ3n) is 11.7. The van der Waals surface area contributed by atoms with E-state index in [1.165, 1.54) is 49.5 Å². The second-order valence-electron chi connectivity index (χ2n) is 15.6. The number of fused-ring (bicyclic) bond motifs is 3. The minimum Gasteiger partial charge on any atom is -0.248 e. The van der Waals surface area contributed by atoms with Gasteiger partial charge in [-0.1, -0.05) is 218 Å². The normalized spacial score (nSPS) is 11.2. The highest BCUT2D eigenvalue weighted by atomic mass is 14.9. The van der Waals surface area contributed by atoms with Crippen LogP contribution in [-0.4, -0.2) is 15.0 Å². The Bertz CT molecular complexity index is 3230. The van der Waals surface area contributed by atoms with Gasteiger partial charge in [0, 0.05) is 27.6 Å². The summed E-state index contributed by atoms with van der Waals surface area (Å²) in [5, 5.41) is 3.60. The third-order valence-corrected chi connectivity index (χ3v) is 11.7. The molecule has 0 amide bonds. The topological polar surface area (TPSA) is 38.7 Å². The van der Waals surface area contributed by atoms with E-state index in [1.54, 1.807) is 0 Å². The molecule has 2 aromatic heterocycles. The van der Waals surface area contributed by atoms with Crippen molar-refractivity contribution in [3.63, 3.8) is 0 Å². The molecule has 0 spiro atoms. The maximum atomic E-state index is 5.21. The number of nitrogens with zero attached hydrogens (tertiary/aromatic N) is 3. The van der Waals surface area contributed by atoms with E-state index in [9.17, 15) is 0 Å². The van der Waals surface area contributed by atoms with Crippen molar-refractivity contribution in [3.8, 4) is 89.7 Å². The van der Waals surface area contributed by atoms with Gasteiger partial charge in [-0.3, -0.25) is 0 Å². The first-order valence-electron chi connectivity index (χ1n) is 21.0. The molecule has 11 rings (SSSR count). The van der Waals surface area contributed by atoms with Crippen LogP contribution in [0.15, 0.2) is 237 Å². The van der Waals surface area contributed by atoms with E-state index in [1.807, 2.05) is 12.1 Å². The van der Waals surface area contributed by atoms with E-state index in [0.717, 1.165) is 56.0 Å². The van der Waals surface area contributed by atoms with Gasteiger partial charge in [0.1, 0.15) is 0 Å². The predicted molar refractivity (Wildman–Crippen MR) is 258 cm³/mol. The average Bonchev–Trinajstić information content (AvgIpc) is 3.37. The van der Waals surface area contributed by atoms with E-state index in [2.05, 4.69) is 224 Å². The number of benzene rings is 9. The van der Waals surface area contributed by atoms with Crippen molar-refractivity contribution in [3.05, 3.63) is 237 Å². The molecule has 3 heteroatoms. The number of hydrogen-bond acceptors (Lipinski definition) is 3. The molecule has 0 aliphatic carbocycles. The van der Waals surface area contributed by atoms with Crippen LogP contribution >= 0.6 is 0 Å². The maximum absolute atomic E-state index is 5.21. The van der Waals surface area contributed by atoms with Crippen molar-refractivity contribution in [2.45, 2.75) is 0 Å². The molecule has 290 valence electrons. The van der Waals surface area contributed by atoms with Crippen LogP contribution in [0.3, 0.4) is 0 Å². The Kier molecular flexibility index (Phi) is 9.53. The fourth-order valence-corrected chi connectivity index (χ4v) is 8.45. The zero-order valence-electron chi connectivity index (χ0n) is 33.9. The molecule has 0 unspecified atom stereocenters. The zero-order chi connectivity index (χ0) is 41.2. The molecular weight excluding hydrogens is 751 g/mol. The Balaban J connectivity index is 0.923. The third kappa shape index (κ3) is 7.23. The van der Waals surface area contributed by atoms with Gasteiger partial charge in [0.15, 0.2) is 5.82 Å². The van der Waals surface area contributed by atoms with Crippen molar-refractivity contribution in [2.24, 2.45) is 0 Å². The smallest absolute Gasteiger partial charge is 0.160 e. The Hall–Kier alpha value is -8.27.